The summed E-state index contributed by atoms with van der Waals surface area (Å²) in [6, 6.07) is 0.433. The first-order valence-electron chi connectivity index (χ1n) is 6.53. The molecular formula is C12H18N6O. The molecule has 2 aromatic heterocycles. The molecule has 3 N–H and O–H groups in total. The second kappa shape index (κ2) is 5.00. The van der Waals surface area contributed by atoms with Crippen LogP contribution in [-0.4, -0.2) is 51.1 Å². The van der Waals surface area contributed by atoms with Crippen molar-refractivity contribution in [2.45, 2.75) is 25.3 Å². The maximum atomic E-state index is 5.82. The topological polar surface area (TPSA) is 92.9 Å². The zero-order chi connectivity index (χ0) is 13.2. The third-order valence-corrected chi connectivity index (χ3v) is 3.60. The Morgan fingerprint density at radius 3 is 3.21 bits per heavy atom. The van der Waals surface area contributed by atoms with Crippen molar-refractivity contribution in [3.8, 4) is 5.88 Å². The molecular weight excluding hydrogens is 244 g/mol. The number of imidazole rings is 1. The number of piperidine rings is 1. The number of fused-ring (bicyclic) bond motifs is 1. The summed E-state index contributed by atoms with van der Waals surface area (Å²) in [6.45, 7) is 1.74. The van der Waals surface area contributed by atoms with Crippen molar-refractivity contribution in [2.24, 2.45) is 0 Å². The Kier molecular flexibility index (Phi) is 3.20. The highest BCUT2D eigenvalue weighted by atomic mass is 16.5. The summed E-state index contributed by atoms with van der Waals surface area (Å²) in [6.07, 6.45) is 5.24. The monoisotopic (exact) mass is 262 g/mol. The van der Waals surface area contributed by atoms with E-state index < -0.39 is 0 Å². The van der Waals surface area contributed by atoms with Crippen LogP contribution in [-0.2, 0) is 0 Å². The molecule has 0 amide bonds. The van der Waals surface area contributed by atoms with Crippen LogP contribution in [0.3, 0.4) is 0 Å². The number of ether oxygens (including phenoxy) is 1. The normalized spacial score (nSPS) is 20.8. The van der Waals surface area contributed by atoms with Gasteiger partial charge in [0, 0.05) is 6.04 Å². The summed E-state index contributed by atoms with van der Waals surface area (Å²) in [5.74, 6) is 0.672. The summed E-state index contributed by atoms with van der Waals surface area (Å²) >= 11 is 0. The lowest BCUT2D eigenvalue weighted by Crippen LogP contribution is -2.40. The predicted molar refractivity (Wildman–Crippen MR) is 71.9 cm³/mol. The van der Waals surface area contributed by atoms with E-state index >= 15 is 0 Å². The average Bonchev–Trinajstić information content (AvgIpc) is 2.85. The zero-order valence-corrected chi connectivity index (χ0v) is 11.0. The maximum absolute atomic E-state index is 5.82. The second-order valence-corrected chi connectivity index (χ2v) is 4.93. The Labute approximate surface area is 111 Å². The van der Waals surface area contributed by atoms with Crippen LogP contribution in [0.15, 0.2) is 6.33 Å². The van der Waals surface area contributed by atoms with E-state index in [9.17, 15) is 0 Å². The minimum atomic E-state index is 0.187. The molecule has 0 spiro atoms. The number of likely N-dealkylation sites (N-methyl/N-ethyl adjacent to an activating group) is 1. The number of nitrogens with two attached hydrogens (primary N) is 1. The van der Waals surface area contributed by atoms with Crippen LogP contribution in [0.25, 0.3) is 11.2 Å². The smallest absolute Gasteiger partial charge is 0.245 e. The van der Waals surface area contributed by atoms with Crippen LogP contribution in [0, 0.1) is 0 Å². The number of aromatic amines is 1. The van der Waals surface area contributed by atoms with Gasteiger partial charge in [0.1, 0.15) is 12.1 Å². The number of likely N-dealkylation sites (tertiary alicyclic amines) is 1. The fraction of sp³-hybridized carbons (Fsp3) is 0.583. The SMILES string of the molecule is CN1CCCCC1COc1nc(N)nc2nc[nH]c12. The molecule has 0 aromatic carbocycles. The minimum absolute atomic E-state index is 0.187. The number of nitrogens with one attached hydrogen (secondary N) is 1. The minimum Gasteiger partial charge on any atom is -0.474 e. The number of aromatic nitrogens is 4. The van der Waals surface area contributed by atoms with Crippen LogP contribution >= 0.6 is 0 Å². The highest BCUT2D eigenvalue weighted by Gasteiger charge is 2.20. The molecule has 2 aromatic rings. The van der Waals surface area contributed by atoms with Gasteiger partial charge in [-0.15, -0.1) is 0 Å². The molecule has 1 unspecified atom stereocenters. The van der Waals surface area contributed by atoms with Crippen molar-refractivity contribution in [3.63, 3.8) is 0 Å². The third-order valence-electron chi connectivity index (χ3n) is 3.60. The van der Waals surface area contributed by atoms with Crippen molar-refractivity contribution in [2.75, 3.05) is 25.9 Å². The van der Waals surface area contributed by atoms with Gasteiger partial charge in [0.25, 0.3) is 0 Å². The summed E-state index contributed by atoms with van der Waals surface area (Å²) in [7, 11) is 2.13. The Hall–Kier alpha value is -1.89. The lowest BCUT2D eigenvalue weighted by molar-refractivity contribution is 0.123. The maximum Gasteiger partial charge on any atom is 0.245 e. The summed E-state index contributed by atoms with van der Waals surface area (Å²) in [5, 5.41) is 0. The molecule has 7 heteroatoms. The number of rotatable bonds is 3. The molecule has 102 valence electrons. The Bertz CT molecular complexity index is 568. The largest absolute Gasteiger partial charge is 0.474 e. The predicted octanol–water partition coefficient (Wildman–Crippen LogP) is 0.798. The first-order chi connectivity index (χ1) is 9.24. The first kappa shape index (κ1) is 12.2. The summed E-state index contributed by atoms with van der Waals surface area (Å²) in [5.41, 5.74) is 6.90. The van der Waals surface area contributed by atoms with Crippen molar-refractivity contribution in [1.82, 2.24) is 24.8 Å². The number of hydrogen-bond acceptors (Lipinski definition) is 6. The van der Waals surface area contributed by atoms with E-state index in [4.69, 9.17) is 10.5 Å². The lowest BCUT2D eigenvalue weighted by atomic mass is 10.0. The molecule has 0 saturated carbocycles. The van der Waals surface area contributed by atoms with Gasteiger partial charge < -0.3 is 20.4 Å². The molecule has 19 heavy (non-hydrogen) atoms. The molecule has 7 nitrogen and oxygen atoms in total. The van der Waals surface area contributed by atoms with Gasteiger partial charge in [0.15, 0.2) is 5.65 Å². The van der Waals surface area contributed by atoms with Gasteiger partial charge in [0.05, 0.1) is 6.33 Å². The van der Waals surface area contributed by atoms with E-state index in [-0.39, 0.29) is 5.95 Å². The van der Waals surface area contributed by atoms with Crippen LogP contribution < -0.4 is 10.5 Å². The zero-order valence-electron chi connectivity index (χ0n) is 11.0. The standard InChI is InChI=1S/C12H18N6O/c1-18-5-3-2-4-8(18)6-19-11-9-10(15-7-14-9)16-12(13)17-11/h7-8H,2-6H2,1H3,(H3,13,14,15,16,17). The fourth-order valence-electron chi connectivity index (χ4n) is 2.46. The molecule has 0 bridgehead atoms. The van der Waals surface area contributed by atoms with Gasteiger partial charge in [-0.25, -0.2) is 4.98 Å². The van der Waals surface area contributed by atoms with Gasteiger partial charge in [-0.05, 0) is 26.4 Å². The summed E-state index contributed by atoms with van der Waals surface area (Å²) < 4.78 is 5.82. The molecule has 1 saturated heterocycles. The van der Waals surface area contributed by atoms with Gasteiger partial charge in [-0.2, -0.15) is 9.97 Å². The van der Waals surface area contributed by atoms with Crippen molar-refractivity contribution in [3.05, 3.63) is 6.33 Å². The second-order valence-electron chi connectivity index (χ2n) is 4.93. The molecule has 3 heterocycles. The average molecular weight is 262 g/mol. The van der Waals surface area contributed by atoms with Crippen LogP contribution in [0.1, 0.15) is 19.3 Å². The van der Waals surface area contributed by atoms with Gasteiger partial charge in [-0.3, -0.25) is 0 Å². The third kappa shape index (κ3) is 2.46. The highest BCUT2D eigenvalue weighted by molar-refractivity contribution is 5.76. The van der Waals surface area contributed by atoms with E-state index in [2.05, 4.69) is 31.9 Å². The van der Waals surface area contributed by atoms with E-state index in [1.54, 1.807) is 6.33 Å². The van der Waals surface area contributed by atoms with Gasteiger partial charge in [-0.1, -0.05) is 6.42 Å². The van der Waals surface area contributed by atoms with Gasteiger partial charge in [0.2, 0.25) is 11.8 Å². The number of hydrogen-bond donors (Lipinski definition) is 2. The molecule has 1 aliphatic rings. The van der Waals surface area contributed by atoms with E-state index in [1.165, 1.54) is 12.8 Å². The molecule has 0 aliphatic carbocycles. The number of nitrogens with zero attached hydrogens (tertiary/aromatic N) is 4. The number of nitrogen functional groups attached to an aromatic ring is 1. The Morgan fingerprint density at radius 2 is 2.37 bits per heavy atom. The van der Waals surface area contributed by atoms with Crippen LogP contribution in [0.5, 0.6) is 5.88 Å². The first-order valence-corrected chi connectivity index (χ1v) is 6.53. The van der Waals surface area contributed by atoms with E-state index in [0.717, 1.165) is 13.0 Å². The lowest BCUT2D eigenvalue weighted by Gasteiger charge is -2.31. The number of anilines is 1. The van der Waals surface area contributed by atoms with Crippen molar-refractivity contribution in [1.29, 1.82) is 0 Å². The van der Waals surface area contributed by atoms with Crippen LogP contribution in [0.2, 0.25) is 0 Å². The molecule has 1 fully saturated rings. The number of H-pyrrole nitrogens is 1. The molecule has 3 rings (SSSR count). The fourth-order valence-corrected chi connectivity index (χ4v) is 2.46. The highest BCUT2D eigenvalue weighted by Crippen LogP contribution is 2.21. The summed E-state index contributed by atoms with van der Waals surface area (Å²) in [4.78, 5) is 17.6. The van der Waals surface area contributed by atoms with Crippen LogP contribution in [0.4, 0.5) is 5.95 Å². The quantitative estimate of drug-likeness (QED) is 0.849. The molecule has 1 atom stereocenters. The van der Waals surface area contributed by atoms with Crippen molar-refractivity contribution < 1.29 is 4.74 Å². The molecule has 0 radical (unpaired) electrons. The molecule has 1 aliphatic heterocycles. The Balaban J connectivity index is 1.75. The van der Waals surface area contributed by atoms with E-state index in [0.29, 0.717) is 29.7 Å². The van der Waals surface area contributed by atoms with Crippen molar-refractivity contribution >= 4 is 17.1 Å². The van der Waals surface area contributed by atoms with Gasteiger partial charge >= 0.3 is 0 Å². The Morgan fingerprint density at radius 1 is 1.47 bits per heavy atom. The van der Waals surface area contributed by atoms with E-state index in [1.807, 2.05) is 0 Å².